The number of alkyl halides is 3. The molecule has 0 N–H and O–H groups in total. The van der Waals surface area contributed by atoms with Crippen LogP contribution >= 0.6 is 0 Å². The summed E-state index contributed by atoms with van der Waals surface area (Å²) in [6.07, 6.45) is -2.31. The Morgan fingerprint density at radius 2 is 1.97 bits per heavy atom. The minimum atomic E-state index is -4.50. The van der Waals surface area contributed by atoms with Crippen molar-refractivity contribution in [2.24, 2.45) is 0 Å². The number of aryl methyl sites for hydroxylation is 1. The summed E-state index contributed by atoms with van der Waals surface area (Å²) < 4.78 is 52.6. The zero-order valence-electron chi connectivity index (χ0n) is 18.4. The highest BCUT2D eigenvalue weighted by Gasteiger charge is 2.36. The number of methoxy groups -OCH3 is 2. The lowest BCUT2D eigenvalue weighted by atomic mass is 10.1. The van der Waals surface area contributed by atoms with Crippen molar-refractivity contribution in [3.05, 3.63) is 58.5 Å². The zero-order valence-corrected chi connectivity index (χ0v) is 18.4. The Morgan fingerprint density at radius 3 is 2.66 bits per heavy atom. The van der Waals surface area contributed by atoms with Gasteiger partial charge in [-0.05, 0) is 49.6 Å². The summed E-state index contributed by atoms with van der Waals surface area (Å²) in [5.41, 5.74) is 2.51. The average molecular weight is 448 g/mol. The van der Waals surface area contributed by atoms with Crippen LogP contribution in [0.4, 0.5) is 13.2 Å². The maximum atomic E-state index is 13.6. The fourth-order valence-corrected chi connectivity index (χ4v) is 4.37. The van der Waals surface area contributed by atoms with Crippen LogP contribution in [0.25, 0.3) is 5.65 Å². The van der Waals surface area contributed by atoms with Crippen molar-refractivity contribution in [3.8, 4) is 5.75 Å². The number of fused-ring (bicyclic) bond motifs is 1. The van der Waals surface area contributed by atoms with Gasteiger partial charge in [-0.3, -0.25) is 4.90 Å². The molecular formula is C23H27F3N4O2. The highest BCUT2D eigenvalue weighted by molar-refractivity contribution is 5.44. The second-order valence-electron chi connectivity index (χ2n) is 8.03. The lowest BCUT2D eigenvalue weighted by Gasteiger charge is -2.24. The van der Waals surface area contributed by atoms with Crippen molar-refractivity contribution in [2.75, 3.05) is 20.8 Å². The molecule has 1 fully saturated rings. The van der Waals surface area contributed by atoms with Crippen LogP contribution in [0, 0.1) is 0 Å². The van der Waals surface area contributed by atoms with E-state index in [1.165, 1.54) is 0 Å². The third-order valence-electron chi connectivity index (χ3n) is 5.89. The molecule has 3 aromatic rings. The number of rotatable bonds is 7. The monoisotopic (exact) mass is 448 g/mol. The fraction of sp³-hybridized carbons (Fsp3) is 0.478. The molecule has 9 heteroatoms. The van der Waals surface area contributed by atoms with Crippen LogP contribution in [-0.2, 0) is 30.5 Å². The molecule has 1 aliphatic rings. The number of benzene rings is 1. The molecule has 0 amide bonds. The molecule has 3 heterocycles. The van der Waals surface area contributed by atoms with Gasteiger partial charge in [-0.25, -0.2) is 9.50 Å². The Kier molecular flexibility index (Phi) is 6.39. The van der Waals surface area contributed by atoms with Gasteiger partial charge in [0.15, 0.2) is 5.65 Å². The molecule has 0 spiro atoms. The molecule has 32 heavy (non-hydrogen) atoms. The average Bonchev–Trinajstić information content (AvgIpc) is 3.39. The third-order valence-corrected chi connectivity index (χ3v) is 5.89. The smallest absolute Gasteiger partial charge is 0.433 e. The number of nitrogens with zero attached hydrogens (tertiary/aromatic N) is 4. The van der Waals surface area contributed by atoms with Crippen LogP contribution < -0.4 is 4.74 Å². The molecule has 0 aliphatic carbocycles. The van der Waals surface area contributed by atoms with Gasteiger partial charge in [0, 0.05) is 31.0 Å². The number of likely N-dealkylation sites (tertiary alicyclic amines) is 1. The molecule has 1 saturated heterocycles. The van der Waals surface area contributed by atoms with E-state index < -0.39 is 11.9 Å². The van der Waals surface area contributed by atoms with Crippen molar-refractivity contribution < 1.29 is 22.6 Å². The second kappa shape index (κ2) is 9.07. The molecule has 2 aromatic heterocycles. The number of hydrogen-bond donors (Lipinski definition) is 0. The molecule has 172 valence electrons. The quantitative estimate of drug-likeness (QED) is 0.520. The summed E-state index contributed by atoms with van der Waals surface area (Å²) >= 11 is 0. The van der Waals surface area contributed by atoms with Gasteiger partial charge in [0.05, 0.1) is 25.5 Å². The van der Waals surface area contributed by atoms with Gasteiger partial charge in [-0.15, -0.1) is 0 Å². The van der Waals surface area contributed by atoms with Crippen molar-refractivity contribution in [2.45, 2.75) is 51.6 Å². The summed E-state index contributed by atoms with van der Waals surface area (Å²) in [4.78, 5) is 6.62. The number of aromatic nitrogens is 3. The first-order valence-electron chi connectivity index (χ1n) is 10.7. The maximum absolute atomic E-state index is 13.6. The van der Waals surface area contributed by atoms with E-state index in [4.69, 9.17) is 9.47 Å². The number of ether oxygens (including phenoxy) is 2. The largest absolute Gasteiger partial charge is 0.496 e. The fourth-order valence-electron chi connectivity index (χ4n) is 4.37. The van der Waals surface area contributed by atoms with E-state index in [1.807, 2.05) is 12.1 Å². The Balaban J connectivity index is 1.68. The lowest BCUT2D eigenvalue weighted by Crippen LogP contribution is -2.23. The normalized spacial score (nSPS) is 17.4. The molecule has 0 radical (unpaired) electrons. The predicted octanol–water partition coefficient (Wildman–Crippen LogP) is 4.80. The molecule has 0 bridgehead atoms. The minimum Gasteiger partial charge on any atom is -0.496 e. The van der Waals surface area contributed by atoms with Crippen molar-refractivity contribution in [1.82, 2.24) is 19.5 Å². The summed E-state index contributed by atoms with van der Waals surface area (Å²) in [5, 5.41) is 4.36. The first kappa shape index (κ1) is 22.5. The van der Waals surface area contributed by atoms with Gasteiger partial charge in [0.1, 0.15) is 11.4 Å². The Morgan fingerprint density at radius 1 is 1.16 bits per heavy atom. The molecule has 1 aromatic carbocycles. The molecule has 6 nitrogen and oxygen atoms in total. The third kappa shape index (κ3) is 4.45. The zero-order chi connectivity index (χ0) is 22.9. The topological polar surface area (TPSA) is 51.9 Å². The van der Waals surface area contributed by atoms with E-state index in [2.05, 4.69) is 21.0 Å². The van der Waals surface area contributed by atoms with E-state index in [0.29, 0.717) is 31.0 Å². The summed E-state index contributed by atoms with van der Waals surface area (Å²) in [6.45, 7) is 3.73. The van der Waals surface area contributed by atoms with Gasteiger partial charge < -0.3 is 9.47 Å². The Hall–Kier alpha value is -2.65. The van der Waals surface area contributed by atoms with Gasteiger partial charge >= 0.3 is 6.18 Å². The maximum Gasteiger partial charge on any atom is 0.433 e. The lowest BCUT2D eigenvalue weighted by molar-refractivity contribution is -0.142. The number of hydrogen-bond acceptors (Lipinski definition) is 5. The van der Waals surface area contributed by atoms with Crippen LogP contribution in [-0.4, -0.2) is 40.3 Å². The Labute approximate surface area is 185 Å². The standard InChI is InChI=1S/C23H27F3N4O2/c1-4-17-11-21(23(24,25)26)30-22(27-17)12-18(28-30)19-6-5-9-29(19)13-16-10-15(14-31-2)7-8-20(16)32-3/h7-8,10-12,19H,4-6,9,13-14H2,1-3H3/t19-/m0/s1. The van der Waals surface area contributed by atoms with Crippen LogP contribution in [0.15, 0.2) is 30.3 Å². The van der Waals surface area contributed by atoms with Gasteiger partial charge in [-0.1, -0.05) is 13.0 Å². The van der Waals surface area contributed by atoms with E-state index in [9.17, 15) is 13.2 Å². The minimum absolute atomic E-state index is 0.0846. The van der Waals surface area contributed by atoms with Gasteiger partial charge in [-0.2, -0.15) is 18.3 Å². The second-order valence-corrected chi connectivity index (χ2v) is 8.03. The molecule has 0 saturated carbocycles. The van der Waals surface area contributed by atoms with E-state index in [1.54, 1.807) is 27.2 Å². The SMILES string of the molecule is CCc1cc(C(F)(F)F)n2nc([C@@H]3CCCN3Cc3cc(COC)ccc3OC)cc2n1. The molecule has 0 unspecified atom stereocenters. The predicted molar refractivity (Wildman–Crippen MR) is 113 cm³/mol. The highest BCUT2D eigenvalue weighted by atomic mass is 19.4. The summed E-state index contributed by atoms with van der Waals surface area (Å²) in [5.74, 6) is 0.777. The molecular weight excluding hydrogens is 421 g/mol. The van der Waals surface area contributed by atoms with Crippen LogP contribution in [0.1, 0.15) is 54.0 Å². The van der Waals surface area contributed by atoms with Crippen LogP contribution in [0.5, 0.6) is 5.75 Å². The summed E-state index contributed by atoms with van der Waals surface area (Å²) in [7, 11) is 3.28. The van der Waals surface area contributed by atoms with E-state index in [0.717, 1.165) is 46.8 Å². The number of halogens is 3. The van der Waals surface area contributed by atoms with E-state index in [-0.39, 0.29) is 11.7 Å². The van der Waals surface area contributed by atoms with Gasteiger partial charge in [0.2, 0.25) is 0 Å². The van der Waals surface area contributed by atoms with Crippen molar-refractivity contribution in [1.29, 1.82) is 0 Å². The Bertz CT molecular complexity index is 1100. The first-order chi connectivity index (χ1) is 15.3. The molecule has 4 rings (SSSR count). The van der Waals surface area contributed by atoms with Crippen molar-refractivity contribution in [3.63, 3.8) is 0 Å². The van der Waals surface area contributed by atoms with Gasteiger partial charge in [0.25, 0.3) is 0 Å². The van der Waals surface area contributed by atoms with Crippen molar-refractivity contribution >= 4 is 5.65 Å². The van der Waals surface area contributed by atoms with Crippen LogP contribution in [0.2, 0.25) is 0 Å². The molecule has 1 aliphatic heterocycles. The van der Waals surface area contributed by atoms with E-state index >= 15 is 0 Å². The highest BCUT2D eigenvalue weighted by Crippen LogP contribution is 2.36. The van der Waals surface area contributed by atoms with Crippen LogP contribution in [0.3, 0.4) is 0 Å². The molecule has 1 atom stereocenters. The first-order valence-corrected chi connectivity index (χ1v) is 10.7. The summed E-state index contributed by atoms with van der Waals surface area (Å²) in [6, 6.07) is 8.63.